The van der Waals surface area contributed by atoms with Gasteiger partial charge >= 0.3 is 0 Å². The molecule has 1 aliphatic carbocycles. The van der Waals surface area contributed by atoms with Gasteiger partial charge in [0.15, 0.2) is 5.13 Å². The molecule has 2 aromatic rings. The van der Waals surface area contributed by atoms with E-state index < -0.39 is 0 Å². The van der Waals surface area contributed by atoms with Gasteiger partial charge in [-0.25, -0.2) is 4.98 Å². The number of benzene rings is 1. The smallest absolute Gasteiger partial charge is 0.227 e. The van der Waals surface area contributed by atoms with Gasteiger partial charge in [-0.2, -0.15) is 0 Å². The molecule has 1 heterocycles. The number of aryl methyl sites for hydroxylation is 1. The second kappa shape index (κ2) is 7.64. The first-order chi connectivity index (χ1) is 12.4. The van der Waals surface area contributed by atoms with Crippen molar-refractivity contribution in [2.75, 3.05) is 24.3 Å². The molecular formula is C20H22ClN3OS. The molecule has 1 amide bonds. The summed E-state index contributed by atoms with van der Waals surface area (Å²) in [6.45, 7) is 1.91. The van der Waals surface area contributed by atoms with E-state index in [4.69, 9.17) is 11.6 Å². The zero-order chi connectivity index (χ0) is 18.7. The molecule has 26 heavy (non-hydrogen) atoms. The number of rotatable bonds is 6. The van der Waals surface area contributed by atoms with Crippen LogP contribution in [0.3, 0.4) is 0 Å². The van der Waals surface area contributed by atoms with E-state index in [0.717, 1.165) is 22.0 Å². The predicted octanol–water partition coefficient (Wildman–Crippen LogP) is 4.85. The van der Waals surface area contributed by atoms with Crippen LogP contribution in [0.4, 0.5) is 10.8 Å². The topological polar surface area (TPSA) is 45.2 Å². The maximum Gasteiger partial charge on any atom is 0.227 e. The van der Waals surface area contributed by atoms with E-state index in [1.807, 2.05) is 61.7 Å². The maximum absolute atomic E-state index is 12.6. The Balaban J connectivity index is 1.79. The minimum atomic E-state index is -0.370. The third-order valence-corrected chi connectivity index (χ3v) is 5.69. The van der Waals surface area contributed by atoms with Crippen LogP contribution in [-0.4, -0.2) is 25.0 Å². The molecule has 0 saturated heterocycles. The first-order valence-corrected chi connectivity index (χ1v) is 9.68. The fourth-order valence-electron chi connectivity index (χ4n) is 3.12. The van der Waals surface area contributed by atoms with Crippen molar-refractivity contribution >= 4 is 39.7 Å². The molecule has 0 radical (unpaired) electrons. The van der Waals surface area contributed by atoms with E-state index in [1.165, 1.54) is 11.3 Å². The molecule has 0 spiro atoms. The summed E-state index contributed by atoms with van der Waals surface area (Å²) in [7, 11) is 3.94. The molecule has 6 heteroatoms. The number of nitrogens with zero attached hydrogens (tertiary/aromatic N) is 2. The highest BCUT2D eigenvalue weighted by molar-refractivity contribution is 7.13. The van der Waals surface area contributed by atoms with Crippen molar-refractivity contribution in [3.05, 3.63) is 64.2 Å². The number of amides is 1. The molecule has 0 bridgehead atoms. The summed E-state index contributed by atoms with van der Waals surface area (Å²) in [5.74, 6) is -0.0459. The van der Waals surface area contributed by atoms with Crippen molar-refractivity contribution in [2.24, 2.45) is 5.41 Å². The lowest BCUT2D eigenvalue weighted by molar-refractivity contribution is -0.117. The summed E-state index contributed by atoms with van der Waals surface area (Å²) in [6.07, 6.45) is 9.16. The average Bonchev–Trinajstić information content (AvgIpc) is 3.18. The molecule has 4 nitrogen and oxygen atoms in total. The van der Waals surface area contributed by atoms with Gasteiger partial charge in [0.25, 0.3) is 0 Å². The first kappa shape index (κ1) is 18.7. The highest BCUT2D eigenvalue weighted by Crippen LogP contribution is 2.38. The minimum Gasteiger partial charge on any atom is -0.376 e. The number of thiazole rings is 1. The lowest BCUT2D eigenvalue weighted by atomic mass is 9.79. The van der Waals surface area contributed by atoms with Crippen molar-refractivity contribution < 1.29 is 4.79 Å². The van der Waals surface area contributed by atoms with Crippen molar-refractivity contribution in [1.29, 1.82) is 0 Å². The molecule has 3 rings (SSSR count). The van der Waals surface area contributed by atoms with Gasteiger partial charge in [0, 0.05) is 31.3 Å². The molecule has 136 valence electrons. The van der Waals surface area contributed by atoms with Crippen LogP contribution in [0.5, 0.6) is 0 Å². The van der Waals surface area contributed by atoms with Crippen molar-refractivity contribution in [1.82, 2.24) is 4.98 Å². The number of carbonyl (C=O) groups is 1. The maximum atomic E-state index is 12.6. The van der Waals surface area contributed by atoms with Gasteiger partial charge in [-0.1, -0.05) is 48.0 Å². The highest BCUT2D eigenvalue weighted by atomic mass is 35.5. The standard InChI is InChI=1S/C20H22ClN3OS/c1-14-13-26-19(22-14)23-17(25)12-20(9-4-5-10-20)11-15-7-6-8-16(18(15)21)24(2)3/h4-10,13H,11-12H2,1-3H3,(H,22,23,25). The Kier molecular flexibility index (Phi) is 5.49. The molecule has 1 aromatic heterocycles. The third-order valence-electron chi connectivity index (χ3n) is 4.38. The van der Waals surface area contributed by atoms with Crippen molar-refractivity contribution in [3.63, 3.8) is 0 Å². The molecule has 0 atom stereocenters. The van der Waals surface area contributed by atoms with Crippen LogP contribution in [-0.2, 0) is 11.2 Å². The number of allylic oxidation sites excluding steroid dienone is 4. The second-order valence-electron chi connectivity index (χ2n) is 6.79. The Bertz CT molecular complexity index is 858. The lowest BCUT2D eigenvalue weighted by Crippen LogP contribution is -2.26. The zero-order valence-electron chi connectivity index (χ0n) is 15.1. The molecule has 1 N–H and O–H groups in total. The molecule has 1 aromatic carbocycles. The Labute approximate surface area is 163 Å². The third kappa shape index (κ3) is 4.17. The summed E-state index contributed by atoms with van der Waals surface area (Å²) in [5.41, 5.74) is 2.55. The van der Waals surface area contributed by atoms with E-state index >= 15 is 0 Å². The van der Waals surface area contributed by atoms with Crippen molar-refractivity contribution in [2.45, 2.75) is 19.8 Å². The summed E-state index contributed by atoms with van der Waals surface area (Å²) in [6, 6.07) is 6.03. The molecular weight excluding hydrogens is 366 g/mol. The van der Waals surface area contributed by atoms with Crippen LogP contribution in [0.2, 0.25) is 5.02 Å². The van der Waals surface area contributed by atoms with Gasteiger partial charge in [0.1, 0.15) is 0 Å². The summed E-state index contributed by atoms with van der Waals surface area (Å²) >= 11 is 8.06. The van der Waals surface area contributed by atoms with E-state index in [0.29, 0.717) is 18.0 Å². The van der Waals surface area contributed by atoms with Gasteiger partial charge < -0.3 is 10.2 Å². The number of halogens is 1. The Morgan fingerprint density at radius 2 is 2.04 bits per heavy atom. The number of hydrogen-bond acceptors (Lipinski definition) is 4. The van der Waals surface area contributed by atoms with Crippen LogP contribution in [0.25, 0.3) is 0 Å². The number of anilines is 2. The van der Waals surface area contributed by atoms with Crippen LogP contribution in [0.15, 0.2) is 47.9 Å². The number of hydrogen-bond donors (Lipinski definition) is 1. The molecule has 0 unspecified atom stereocenters. The Hall–Kier alpha value is -2.11. The predicted molar refractivity (Wildman–Crippen MR) is 110 cm³/mol. The average molecular weight is 388 g/mol. The van der Waals surface area contributed by atoms with Gasteiger partial charge in [-0.3, -0.25) is 4.79 Å². The number of aromatic nitrogens is 1. The fraction of sp³-hybridized carbons (Fsp3) is 0.300. The Morgan fingerprint density at radius 3 is 2.65 bits per heavy atom. The summed E-state index contributed by atoms with van der Waals surface area (Å²) in [5, 5.41) is 6.21. The monoisotopic (exact) mass is 387 g/mol. The van der Waals surface area contributed by atoms with Crippen LogP contribution in [0.1, 0.15) is 17.7 Å². The van der Waals surface area contributed by atoms with Gasteiger partial charge in [0.2, 0.25) is 5.91 Å². The highest BCUT2D eigenvalue weighted by Gasteiger charge is 2.31. The van der Waals surface area contributed by atoms with E-state index in [1.54, 1.807) is 0 Å². The van der Waals surface area contributed by atoms with Gasteiger partial charge in [0.05, 0.1) is 16.4 Å². The SMILES string of the molecule is Cc1csc(NC(=O)CC2(Cc3cccc(N(C)C)c3Cl)C=CC=C2)n1. The summed E-state index contributed by atoms with van der Waals surface area (Å²) < 4.78 is 0. The normalized spacial score (nSPS) is 14.6. The van der Waals surface area contributed by atoms with Crippen LogP contribution < -0.4 is 10.2 Å². The largest absolute Gasteiger partial charge is 0.376 e. The van der Waals surface area contributed by atoms with Crippen LogP contribution >= 0.6 is 22.9 Å². The van der Waals surface area contributed by atoms with E-state index in [-0.39, 0.29) is 11.3 Å². The first-order valence-electron chi connectivity index (χ1n) is 8.42. The molecule has 0 aliphatic heterocycles. The second-order valence-corrected chi connectivity index (χ2v) is 8.03. The minimum absolute atomic E-state index is 0.0459. The summed E-state index contributed by atoms with van der Waals surface area (Å²) in [4.78, 5) is 18.9. The van der Waals surface area contributed by atoms with Crippen molar-refractivity contribution in [3.8, 4) is 0 Å². The fourth-order valence-corrected chi connectivity index (χ4v) is 4.19. The van der Waals surface area contributed by atoms with Crippen LogP contribution in [0, 0.1) is 12.3 Å². The Morgan fingerprint density at radius 1 is 1.31 bits per heavy atom. The lowest BCUT2D eigenvalue weighted by Gasteiger charge is -2.26. The quantitative estimate of drug-likeness (QED) is 0.770. The molecule has 0 saturated carbocycles. The van der Waals surface area contributed by atoms with Gasteiger partial charge in [-0.15, -0.1) is 11.3 Å². The number of nitrogens with one attached hydrogen (secondary N) is 1. The zero-order valence-corrected chi connectivity index (χ0v) is 16.7. The number of carbonyl (C=O) groups excluding carboxylic acids is 1. The molecule has 0 fully saturated rings. The molecule has 1 aliphatic rings. The van der Waals surface area contributed by atoms with Gasteiger partial charge in [-0.05, 0) is 25.0 Å². The van der Waals surface area contributed by atoms with E-state index in [2.05, 4.69) is 22.5 Å². The van der Waals surface area contributed by atoms with E-state index in [9.17, 15) is 4.79 Å².